The molecule has 0 unspecified atom stereocenters. The lowest BCUT2D eigenvalue weighted by Crippen LogP contribution is -2.31. The maximum Gasteiger partial charge on any atom is 0.0639 e. The fourth-order valence-electron chi connectivity index (χ4n) is 2.68. The Kier molecular flexibility index (Phi) is 4.78. The van der Waals surface area contributed by atoms with Gasteiger partial charge in [0.15, 0.2) is 0 Å². The molecule has 0 radical (unpaired) electrons. The third kappa shape index (κ3) is 3.33. The molecule has 0 bridgehead atoms. The van der Waals surface area contributed by atoms with E-state index in [1.165, 1.54) is 12.0 Å². The van der Waals surface area contributed by atoms with E-state index in [-0.39, 0.29) is 0 Å². The standard InChI is InChI=1S/C14H25N3O/c1-4-17-10-12(8-16-17)7-15-9-13-5-6-18-14(13)11(2)3/h8,10-11,13-15H,4-7,9H2,1-3H3/t13-,14-/m1/s1. The molecule has 0 aromatic carbocycles. The van der Waals surface area contributed by atoms with Crippen LogP contribution in [0.4, 0.5) is 0 Å². The first-order valence-electron chi connectivity index (χ1n) is 7.04. The van der Waals surface area contributed by atoms with E-state index < -0.39 is 0 Å². The quantitative estimate of drug-likeness (QED) is 0.841. The van der Waals surface area contributed by atoms with Gasteiger partial charge in [-0.2, -0.15) is 5.10 Å². The molecule has 102 valence electrons. The van der Waals surface area contributed by atoms with Gasteiger partial charge in [-0.3, -0.25) is 4.68 Å². The third-order valence-electron chi connectivity index (χ3n) is 3.67. The zero-order chi connectivity index (χ0) is 13.0. The Morgan fingerprint density at radius 2 is 2.39 bits per heavy atom. The molecule has 1 aromatic rings. The van der Waals surface area contributed by atoms with Crippen LogP contribution in [0.5, 0.6) is 0 Å². The van der Waals surface area contributed by atoms with Crippen LogP contribution in [0.25, 0.3) is 0 Å². The molecule has 4 heteroatoms. The van der Waals surface area contributed by atoms with Gasteiger partial charge in [0.05, 0.1) is 12.3 Å². The molecule has 4 nitrogen and oxygen atoms in total. The first-order valence-corrected chi connectivity index (χ1v) is 7.04. The van der Waals surface area contributed by atoms with Gasteiger partial charge in [-0.05, 0) is 25.2 Å². The lowest BCUT2D eigenvalue weighted by molar-refractivity contribution is 0.0539. The Morgan fingerprint density at radius 3 is 3.06 bits per heavy atom. The monoisotopic (exact) mass is 251 g/mol. The number of rotatable bonds is 6. The maximum atomic E-state index is 5.79. The van der Waals surface area contributed by atoms with Gasteiger partial charge in [0.1, 0.15) is 0 Å². The highest BCUT2D eigenvalue weighted by Crippen LogP contribution is 2.26. The summed E-state index contributed by atoms with van der Waals surface area (Å²) in [5, 5.41) is 7.81. The molecular formula is C14H25N3O. The third-order valence-corrected chi connectivity index (χ3v) is 3.67. The molecule has 2 atom stereocenters. The average Bonchev–Trinajstić information content (AvgIpc) is 2.97. The predicted octanol–water partition coefficient (Wildman–Crippen LogP) is 2.05. The molecule has 0 amide bonds. The number of nitrogens with one attached hydrogen (secondary N) is 1. The maximum absolute atomic E-state index is 5.79. The van der Waals surface area contributed by atoms with Gasteiger partial charge in [0.2, 0.25) is 0 Å². The van der Waals surface area contributed by atoms with Crippen LogP contribution in [-0.2, 0) is 17.8 Å². The van der Waals surface area contributed by atoms with Crippen molar-refractivity contribution in [2.45, 2.75) is 46.4 Å². The Balaban J connectivity index is 1.74. The number of ether oxygens (including phenoxy) is 1. The Labute approximate surface area is 110 Å². The molecule has 18 heavy (non-hydrogen) atoms. The van der Waals surface area contributed by atoms with Crippen molar-refractivity contribution in [2.75, 3.05) is 13.2 Å². The van der Waals surface area contributed by atoms with Crippen molar-refractivity contribution in [3.05, 3.63) is 18.0 Å². The first-order chi connectivity index (χ1) is 8.70. The highest BCUT2D eigenvalue weighted by molar-refractivity contribution is 5.03. The van der Waals surface area contributed by atoms with Gasteiger partial charge in [0, 0.05) is 38.0 Å². The van der Waals surface area contributed by atoms with Crippen LogP contribution in [0.2, 0.25) is 0 Å². The van der Waals surface area contributed by atoms with Crippen LogP contribution in [-0.4, -0.2) is 29.0 Å². The van der Waals surface area contributed by atoms with Crippen molar-refractivity contribution >= 4 is 0 Å². The van der Waals surface area contributed by atoms with Crippen molar-refractivity contribution in [2.24, 2.45) is 11.8 Å². The van der Waals surface area contributed by atoms with Gasteiger partial charge in [-0.15, -0.1) is 0 Å². The summed E-state index contributed by atoms with van der Waals surface area (Å²) in [5.74, 6) is 1.27. The van der Waals surface area contributed by atoms with E-state index >= 15 is 0 Å². The molecule has 0 saturated carbocycles. The summed E-state index contributed by atoms with van der Waals surface area (Å²) >= 11 is 0. The molecule has 1 N–H and O–H groups in total. The minimum Gasteiger partial charge on any atom is -0.378 e. The summed E-state index contributed by atoms with van der Waals surface area (Å²) in [4.78, 5) is 0. The van der Waals surface area contributed by atoms with Gasteiger partial charge in [-0.1, -0.05) is 13.8 Å². The molecule has 1 aliphatic heterocycles. The van der Waals surface area contributed by atoms with E-state index in [1.807, 2.05) is 10.9 Å². The summed E-state index contributed by atoms with van der Waals surface area (Å²) in [5.41, 5.74) is 1.26. The van der Waals surface area contributed by atoms with Gasteiger partial charge in [0.25, 0.3) is 0 Å². The number of aromatic nitrogens is 2. The van der Waals surface area contributed by atoms with E-state index in [9.17, 15) is 0 Å². The van der Waals surface area contributed by atoms with E-state index in [2.05, 4.69) is 37.4 Å². The predicted molar refractivity (Wildman–Crippen MR) is 72.3 cm³/mol. The highest BCUT2D eigenvalue weighted by atomic mass is 16.5. The van der Waals surface area contributed by atoms with Crippen LogP contribution in [0, 0.1) is 11.8 Å². The second-order valence-electron chi connectivity index (χ2n) is 5.46. The van der Waals surface area contributed by atoms with Crippen molar-refractivity contribution in [3.8, 4) is 0 Å². The fourth-order valence-corrected chi connectivity index (χ4v) is 2.68. The van der Waals surface area contributed by atoms with Crippen LogP contribution >= 0.6 is 0 Å². The topological polar surface area (TPSA) is 39.1 Å². The molecule has 1 aliphatic rings. The largest absolute Gasteiger partial charge is 0.378 e. The lowest BCUT2D eigenvalue weighted by Gasteiger charge is -2.22. The second kappa shape index (κ2) is 6.34. The van der Waals surface area contributed by atoms with Gasteiger partial charge in [-0.25, -0.2) is 0 Å². The SMILES string of the molecule is CCn1cc(CNC[C@H]2CCO[C@@H]2C(C)C)cn1. The van der Waals surface area contributed by atoms with Gasteiger partial charge >= 0.3 is 0 Å². The van der Waals surface area contributed by atoms with Crippen LogP contribution < -0.4 is 5.32 Å². The zero-order valence-corrected chi connectivity index (χ0v) is 11.7. The van der Waals surface area contributed by atoms with Crippen molar-refractivity contribution in [3.63, 3.8) is 0 Å². The molecule has 1 saturated heterocycles. The fraction of sp³-hybridized carbons (Fsp3) is 0.786. The number of nitrogens with zero attached hydrogens (tertiary/aromatic N) is 2. The normalized spacial score (nSPS) is 24.0. The molecule has 1 fully saturated rings. The number of hydrogen-bond donors (Lipinski definition) is 1. The summed E-state index contributed by atoms with van der Waals surface area (Å²) in [7, 11) is 0. The van der Waals surface area contributed by atoms with E-state index in [0.717, 1.165) is 26.2 Å². The van der Waals surface area contributed by atoms with E-state index in [0.29, 0.717) is 17.9 Å². The first kappa shape index (κ1) is 13.6. The lowest BCUT2D eigenvalue weighted by atomic mass is 9.93. The van der Waals surface area contributed by atoms with E-state index in [1.54, 1.807) is 0 Å². The Hall–Kier alpha value is -0.870. The summed E-state index contributed by atoms with van der Waals surface area (Å²) in [6, 6.07) is 0. The smallest absolute Gasteiger partial charge is 0.0639 e. The van der Waals surface area contributed by atoms with Crippen LogP contribution in [0.1, 0.15) is 32.8 Å². The van der Waals surface area contributed by atoms with Crippen molar-refractivity contribution in [1.29, 1.82) is 0 Å². The minimum absolute atomic E-state index is 0.427. The average molecular weight is 251 g/mol. The van der Waals surface area contributed by atoms with Crippen LogP contribution in [0.3, 0.4) is 0 Å². The molecule has 0 spiro atoms. The van der Waals surface area contributed by atoms with Crippen molar-refractivity contribution < 1.29 is 4.74 Å². The molecule has 2 heterocycles. The number of hydrogen-bond acceptors (Lipinski definition) is 3. The van der Waals surface area contributed by atoms with E-state index in [4.69, 9.17) is 4.74 Å². The summed E-state index contributed by atoms with van der Waals surface area (Å²) in [6.45, 7) is 10.4. The second-order valence-corrected chi connectivity index (χ2v) is 5.46. The summed E-state index contributed by atoms with van der Waals surface area (Å²) < 4.78 is 7.76. The number of aryl methyl sites for hydroxylation is 1. The molecule has 1 aromatic heterocycles. The Bertz CT molecular complexity index is 362. The molecule has 2 rings (SSSR count). The van der Waals surface area contributed by atoms with Gasteiger partial charge < -0.3 is 10.1 Å². The minimum atomic E-state index is 0.427. The molecular weight excluding hydrogens is 226 g/mol. The highest BCUT2D eigenvalue weighted by Gasteiger charge is 2.29. The van der Waals surface area contributed by atoms with Crippen LogP contribution in [0.15, 0.2) is 12.4 Å². The Morgan fingerprint density at radius 1 is 1.56 bits per heavy atom. The zero-order valence-electron chi connectivity index (χ0n) is 11.7. The molecule has 0 aliphatic carbocycles. The summed E-state index contributed by atoms with van der Waals surface area (Å²) in [6.07, 6.45) is 5.67. The van der Waals surface area contributed by atoms with Crippen molar-refractivity contribution in [1.82, 2.24) is 15.1 Å².